The van der Waals surface area contributed by atoms with Crippen LogP contribution in [0.4, 0.5) is 0 Å². The van der Waals surface area contributed by atoms with E-state index in [4.69, 9.17) is 5.11 Å². The summed E-state index contributed by atoms with van der Waals surface area (Å²) in [4.78, 5) is 11.1. The summed E-state index contributed by atoms with van der Waals surface area (Å²) >= 11 is 0. The highest BCUT2D eigenvalue weighted by molar-refractivity contribution is 5.66. The van der Waals surface area contributed by atoms with Gasteiger partial charge < -0.3 is 20.4 Å². The van der Waals surface area contributed by atoms with Crippen molar-refractivity contribution in [2.24, 2.45) is 40.4 Å². The molecule has 4 N–H and O–H groups in total. The minimum absolute atomic E-state index is 0.0432. The lowest BCUT2D eigenvalue weighted by Crippen LogP contribution is -2.59. The Morgan fingerprint density at radius 3 is 2.59 bits per heavy atom. The fourth-order valence-electron chi connectivity index (χ4n) is 8.12. The molecule has 0 aromatic rings. The number of rotatable bonds is 4. The summed E-state index contributed by atoms with van der Waals surface area (Å²) in [5.41, 5.74) is 0.874. The maximum atomic E-state index is 11.5. The molecule has 3 unspecified atom stereocenters. The predicted octanol–water partition coefficient (Wildman–Crippen LogP) is 3.37. The van der Waals surface area contributed by atoms with Gasteiger partial charge in [-0.1, -0.05) is 32.4 Å². The molecule has 29 heavy (non-hydrogen) atoms. The lowest BCUT2D eigenvalue weighted by molar-refractivity contribution is -0.158. The van der Waals surface area contributed by atoms with Gasteiger partial charge in [0.2, 0.25) is 0 Å². The van der Waals surface area contributed by atoms with Crippen LogP contribution in [-0.2, 0) is 4.79 Å². The third-order valence-corrected chi connectivity index (χ3v) is 9.78. The number of carboxylic acids is 1. The van der Waals surface area contributed by atoms with E-state index in [9.17, 15) is 20.1 Å². The van der Waals surface area contributed by atoms with E-state index in [1.165, 1.54) is 5.57 Å². The van der Waals surface area contributed by atoms with Crippen molar-refractivity contribution in [1.82, 2.24) is 0 Å². The minimum Gasteiger partial charge on any atom is -0.481 e. The third kappa shape index (κ3) is 3.19. The van der Waals surface area contributed by atoms with Gasteiger partial charge in [0.05, 0.1) is 18.3 Å². The van der Waals surface area contributed by atoms with Gasteiger partial charge in [-0.05, 0) is 85.4 Å². The van der Waals surface area contributed by atoms with E-state index in [0.717, 1.165) is 25.7 Å². The van der Waals surface area contributed by atoms with Gasteiger partial charge in [-0.25, -0.2) is 0 Å². The Bertz CT molecular complexity index is 689. The van der Waals surface area contributed by atoms with Crippen molar-refractivity contribution >= 4 is 5.97 Å². The smallest absolute Gasteiger partial charge is 0.303 e. The molecule has 3 fully saturated rings. The standard InChI is InChI=1S/C24H38O5/c1-13(4-7-21(28)29)16-5-6-17-22-18(12-20(27)24(16,17)3)23(2)9-8-15(25)10-14(23)11-19(22)26/h11,13,15-20,22,25-27H,4-10,12H2,1-3H3,(H,28,29)/t13-,15?,16-,17+,18+,19?,20?,22+,23+,24-/m1/s1. The van der Waals surface area contributed by atoms with E-state index in [1.54, 1.807) is 0 Å². The summed E-state index contributed by atoms with van der Waals surface area (Å²) in [5, 5.41) is 41.9. The summed E-state index contributed by atoms with van der Waals surface area (Å²) in [6.45, 7) is 6.62. The fraction of sp³-hybridized carbons (Fsp3) is 0.875. The first-order valence-electron chi connectivity index (χ1n) is 11.6. The number of hydrogen-bond acceptors (Lipinski definition) is 4. The Kier molecular flexibility index (Phi) is 5.40. The second kappa shape index (κ2) is 7.35. The van der Waals surface area contributed by atoms with E-state index >= 15 is 0 Å². The van der Waals surface area contributed by atoms with Crippen molar-refractivity contribution in [3.8, 4) is 0 Å². The highest BCUT2D eigenvalue weighted by atomic mass is 16.4. The molecule has 3 saturated carbocycles. The summed E-state index contributed by atoms with van der Waals surface area (Å²) in [5.74, 6) is 0.426. The Labute approximate surface area is 174 Å². The van der Waals surface area contributed by atoms with Gasteiger partial charge in [-0.2, -0.15) is 0 Å². The molecule has 0 aliphatic heterocycles. The maximum absolute atomic E-state index is 11.5. The summed E-state index contributed by atoms with van der Waals surface area (Å²) in [6.07, 6.45) is 6.64. The fourth-order valence-corrected chi connectivity index (χ4v) is 8.12. The van der Waals surface area contributed by atoms with Crippen molar-refractivity contribution in [3.63, 3.8) is 0 Å². The van der Waals surface area contributed by atoms with Crippen molar-refractivity contribution in [2.75, 3.05) is 0 Å². The number of aliphatic hydroxyl groups excluding tert-OH is 3. The predicted molar refractivity (Wildman–Crippen MR) is 110 cm³/mol. The molecule has 5 heteroatoms. The zero-order chi connectivity index (χ0) is 21.1. The second-order valence-electron chi connectivity index (χ2n) is 11.0. The zero-order valence-electron chi connectivity index (χ0n) is 18.1. The summed E-state index contributed by atoms with van der Waals surface area (Å²) < 4.78 is 0. The van der Waals surface area contributed by atoms with Crippen LogP contribution in [0.15, 0.2) is 11.6 Å². The van der Waals surface area contributed by atoms with Gasteiger partial charge in [0.25, 0.3) is 0 Å². The number of aliphatic hydroxyl groups is 3. The topological polar surface area (TPSA) is 98.0 Å². The van der Waals surface area contributed by atoms with Crippen LogP contribution >= 0.6 is 0 Å². The highest BCUT2D eigenvalue weighted by Gasteiger charge is 2.64. The summed E-state index contributed by atoms with van der Waals surface area (Å²) in [6, 6.07) is 0. The van der Waals surface area contributed by atoms with Crippen LogP contribution in [0, 0.1) is 40.4 Å². The molecule has 0 spiro atoms. The van der Waals surface area contributed by atoms with Crippen LogP contribution in [-0.4, -0.2) is 44.7 Å². The molecule has 0 saturated heterocycles. The molecule has 0 bridgehead atoms. The first-order chi connectivity index (χ1) is 13.6. The van der Waals surface area contributed by atoms with Crippen LogP contribution in [0.3, 0.4) is 0 Å². The average Bonchev–Trinajstić information content (AvgIpc) is 3.01. The first-order valence-corrected chi connectivity index (χ1v) is 11.6. The molecule has 4 rings (SSSR count). The molecule has 0 aromatic heterocycles. The quantitative estimate of drug-likeness (QED) is 0.537. The Morgan fingerprint density at radius 2 is 1.90 bits per heavy atom. The third-order valence-electron chi connectivity index (χ3n) is 9.78. The largest absolute Gasteiger partial charge is 0.481 e. The van der Waals surface area contributed by atoms with Crippen molar-refractivity contribution in [2.45, 2.75) is 90.4 Å². The first kappa shape index (κ1) is 21.3. The highest BCUT2D eigenvalue weighted by Crippen LogP contribution is 2.67. The maximum Gasteiger partial charge on any atom is 0.303 e. The van der Waals surface area contributed by atoms with Gasteiger partial charge in [-0.3, -0.25) is 4.79 Å². The molecular formula is C24H38O5. The van der Waals surface area contributed by atoms with Crippen molar-refractivity contribution in [1.29, 1.82) is 0 Å². The van der Waals surface area contributed by atoms with Crippen LogP contribution in [0.2, 0.25) is 0 Å². The zero-order valence-corrected chi connectivity index (χ0v) is 18.1. The number of fused-ring (bicyclic) bond motifs is 5. The SMILES string of the molecule is C[C@H](CCC(=O)O)[C@H]1CC[C@H]2[C@@H]3C(O)C=C4CC(O)CC[C@]4(C)[C@H]3CC(O)[C@]12C. The molecule has 0 amide bonds. The second-order valence-corrected chi connectivity index (χ2v) is 11.0. The van der Waals surface area contributed by atoms with E-state index < -0.39 is 18.2 Å². The van der Waals surface area contributed by atoms with Crippen LogP contribution < -0.4 is 0 Å². The molecule has 164 valence electrons. The van der Waals surface area contributed by atoms with E-state index in [0.29, 0.717) is 25.2 Å². The van der Waals surface area contributed by atoms with Crippen LogP contribution in [0.1, 0.15) is 72.1 Å². The molecule has 0 heterocycles. The molecule has 10 atom stereocenters. The van der Waals surface area contributed by atoms with Gasteiger partial charge in [0, 0.05) is 6.42 Å². The van der Waals surface area contributed by atoms with E-state index in [-0.39, 0.29) is 47.0 Å². The lowest BCUT2D eigenvalue weighted by atomic mass is 9.45. The molecule has 4 aliphatic rings. The van der Waals surface area contributed by atoms with Gasteiger partial charge in [0.15, 0.2) is 0 Å². The number of carboxylic acid groups (broad SMARTS) is 1. The number of aliphatic carboxylic acids is 1. The van der Waals surface area contributed by atoms with Crippen LogP contribution in [0.5, 0.6) is 0 Å². The summed E-state index contributed by atoms with van der Waals surface area (Å²) in [7, 11) is 0. The average molecular weight is 407 g/mol. The lowest BCUT2D eigenvalue weighted by Gasteiger charge is -2.61. The van der Waals surface area contributed by atoms with Gasteiger partial charge in [0.1, 0.15) is 0 Å². The van der Waals surface area contributed by atoms with Crippen LogP contribution in [0.25, 0.3) is 0 Å². The monoisotopic (exact) mass is 406 g/mol. The Hall–Kier alpha value is -0.910. The Balaban J connectivity index is 1.64. The number of carbonyl (C=O) groups is 1. The van der Waals surface area contributed by atoms with Crippen molar-refractivity contribution < 1.29 is 25.2 Å². The van der Waals surface area contributed by atoms with E-state index in [1.807, 2.05) is 6.08 Å². The van der Waals surface area contributed by atoms with Gasteiger partial charge in [-0.15, -0.1) is 0 Å². The van der Waals surface area contributed by atoms with Crippen molar-refractivity contribution in [3.05, 3.63) is 11.6 Å². The van der Waals surface area contributed by atoms with Gasteiger partial charge >= 0.3 is 5.97 Å². The van der Waals surface area contributed by atoms with E-state index in [2.05, 4.69) is 20.8 Å². The molecular weight excluding hydrogens is 368 g/mol. The molecule has 0 radical (unpaired) electrons. The normalized spacial score (nSPS) is 50.1. The number of hydrogen-bond donors (Lipinski definition) is 4. The molecule has 5 nitrogen and oxygen atoms in total. The Morgan fingerprint density at radius 1 is 1.17 bits per heavy atom. The molecule has 4 aliphatic carbocycles. The molecule has 0 aromatic carbocycles. The minimum atomic E-state index is -0.756.